The van der Waals surface area contributed by atoms with Gasteiger partial charge >= 0.3 is 5.97 Å². The van der Waals surface area contributed by atoms with Crippen LogP contribution in [0, 0.1) is 11.8 Å². The number of ether oxygens (including phenoxy) is 1. The minimum absolute atomic E-state index is 0.0439. The predicted octanol–water partition coefficient (Wildman–Crippen LogP) is 2.91. The molecule has 3 heterocycles. The summed E-state index contributed by atoms with van der Waals surface area (Å²) >= 11 is 0. The SMILES string of the molecule is CC[C@@H]1[C@@H]2CCN3CC[C@@]4(C(=C2C(=O)OC)Nc2ccccc24)[C@@H]13. The van der Waals surface area contributed by atoms with Crippen LogP contribution in [0.25, 0.3) is 0 Å². The number of anilines is 1. The van der Waals surface area contributed by atoms with Crippen LogP contribution in [-0.4, -0.2) is 37.1 Å². The molecular formula is C20H24N2O2. The minimum atomic E-state index is -0.132. The monoisotopic (exact) mass is 324 g/mol. The van der Waals surface area contributed by atoms with Crippen molar-refractivity contribution in [1.82, 2.24) is 4.90 Å². The Morgan fingerprint density at radius 3 is 3.00 bits per heavy atom. The van der Waals surface area contributed by atoms with E-state index in [1.165, 1.54) is 18.4 Å². The molecule has 4 heteroatoms. The third-order valence-corrected chi connectivity index (χ3v) is 6.97. The number of carbonyl (C=O) groups is 1. The standard InChI is InChI=1S/C20H24N2O2/c1-3-12-13-8-10-22-11-9-20(18(12)22)14-6-4-5-7-15(14)21-17(20)16(13)19(23)24-2/h4-7,12-13,18,21H,3,8-11H2,1-2H3/t12-,13+,18-,20-/m1/s1. The van der Waals surface area contributed by atoms with Crippen LogP contribution in [-0.2, 0) is 14.9 Å². The number of para-hydroxylation sites is 1. The average molecular weight is 324 g/mol. The predicted molar refractivity (Wildman–Crippen MR) is 92.7 cm³/mol. The minimum Gasteiger partial charge on any atom is -0.466 e. The molecule has 5 rings (SSSR count). The van der Waals surface area contributed by atoms with Crippen LogP contribution in [0.3, 0.4) is 0 Å². The summed E-state index contributed by atoms with van der Waals surface area (Å²) < 4.78 is 5.23. The molecule has 1 spiro atoms. The first kappa shape index (κ1) is 14.5. The average Bonchev–Trinajstić information content (AvgIpc) is 3.17. The third-order valence-electron chi connectivity index (χ3n) is 6.97. The first-order valence-corrected chi connectivity index (χ1v) is 9.16. The Kier molecular flexibility index (Phi) is 2.94. The van der Waals surface area contributed by atoms with Gasteiger partial charge in [0.25, 0.3) is 0 Å². The molecule has 0 unspecified atom stereocenters. The van der Waals surface area contributed by atoms with Gasteiger partial charge in [-0.25, -0.2) is 4.79 Å². The van der Waals surface area contributed by atoms with Crippen LogP contribution < -0.4 is 5.32 Å². The van der Waals surface area contributed by atoms with Gasteiger partial charge in [-0.3, -0.25) is 4.90 Å². The lowest BCUT2D eigenvalue weighted by atomic mass is 9.57. The van der Waals surface area contributed by atoms with Crippen molar-refractivity contribution in [2.24, 2.45) is 11.8 Å². The molecule has 4 nitrogen and oxygen atoms in total. The van der Waals surface area contributed by atoms with E-state index >= 15 is 0 Å². The molecule has 0 saturated carbocycles. The van der Waals surface area contributed by atoms with Crippen LogP contribution >= 0.6 is 0 Å². The zero-order chi connectivity index (χ0) is 16.5. The number of carbonyl (C=O) groups excluding carboxylic acids is 1. The zero-order valence-electron chi connectivity index (χ0n) is 14.3. The van der Waals surface area contributed by atoms with Gasteiger partial charge in [0.1, 0.15) is 0 Å². The van der Waals surface area contributed by atoms with E-state index in [0.717, 1.165) is 43.6 Å². The van der Waals surface area contributed by atoms with Gasteiger partial charge in [0, 0.05) is 17.4 Å². The summed E-state index contributed by atoms with van der Waals surface area (Å²) in [7, 11) is 1.52. The lowest BCUT2D eigenvalue weighted by molar-refractivity contribution is -0.138. The molecule has 1 aromatic carbocycles. The number of nitrogens with zero attached hydrogens (tertiary/aromatic N) is 1. The van der Waals surface area contributed by atoms with Gasteiger partial charge in [0.15, 0.2) is 0 Å². The Labute approximate surface area is 142 Å². The maximum Gasteiger partial charge on any atom is 0.335 e. The quantitative estimate of drug-likeness (QED) is 0.850. The molecule has 2 saturated heterocycles. The smallest absolute Gasteiger partial charge is 0.335 e. The molecular weight excluding hydrogens is 300 g/mol. The van der Waals surface area contributed by atoms with Crippen molar-refractivity contribution in [2.75, 3.05) is 25.5 Å². The van der Waals surface area contributed by atoms with E-state index in [1.54, 1.807) is 0 Å². The second kappa shape index (κ2) is 4.85. The van der Waals surface area contributed by atoms with Crippen molar-refractivity contribution < 1.29 is 9.53 Å². The lowest BCUT2D eigenvalue weighted by Crippen LogP contribution is -2.58. The van der Waals surface area contributed by atoms with Gasteiger partial charge < -0.3 is 10.1 Å². The number of methoxy groups -OCH3 is 1. The number of esters is 1. The molecule has 0 amide bonds. The fraction of sp³-hybridized carbons (Fsp3) is 0.550. The number of hydrogen-bond acceptors (Lipinski definition) is 4. The zero-order valence-corrected chi connectivity index (χ0v) is 14.3. The summed E-state index contributed by atoms with van der Waals surface area (Å²) in [5.41, 5.74) is 4.60. The van der Waals surface area contributed by atoms with E-state index in [1.807, 2.05) is 0 Å². The summed E-state index contributed by atoms with van der Waals surface area (Å²) in [6.45, 7) is 4.51. The third kappa shape index (κ3) is 1.51. The van der Waals surface area contributed by atoms with Crippen LogP contribution in [0.15, 0.2) is 35.5 Å². The molecule has 0 radical (unpaired) electrons. The highest BCUT2D eigenvalue weighted by Crippen LogP contribution is 2.62. The molecule has 3 aliphatic heterocycles. The summed E-state index contributed by atoms with van der Waals surface area (Å²) in [6, 6.07) is 9.14. The summed E-state index contributed by atoms with van der Waals surface area (Å²) in [4.78, 5) is 15.4. The van der Waals surface area contributed by atoms with Crippen molar-refractivity contribution in [3.05, 3.63) is 41.1 Å². The molecule has 126 valence electrons. The Morgan fingerprint density at radius 1 is 1.38 bits per heavy atom. The normalized spacial score (nSPS) is 36.2. The van der Waals surface area contributed by atoms with E-state index in [2.05, 4.69) is 41.4 Å². The van der Waals surface area contributed by atoms with E-state index in [9.17, 15) is 4.79 Å². The Balaban J connectivity index is 1.83. The van der Waals surface area contributed by atoms with Gasteiger partial charge in [-0.1, -0.05) is 31.5 Å². The molecule has 0 aromatic heterocycles. The first-order valence-electron chi connectivity index (χ1n) is 9.16. The van der Waals surface area contributed by atoms with Crippen molar-refractivity contribution >= 4 is 11.7 Å². The van der Waals surface area contributed by atoms with Crippen molar-refractivity contribution in [2.45, 2.75) is 37.6 Å². The van der Waals surface area contributed by atoms with E-state index in [4.69, 9.17) is 4.74 Å². The van der Waals surface area contributed by atoms with Gasteiger partial charge in [0.2, 0.25) is 0 Å². The molecule has 4 aliphatic rings. The number of benzene rings is 1. The first-order chi connectivity index (χ1) is 11.7. The van der Waals surface area contributed by atoms with Gasteiger partial charge in [-0.15, -0.1) is 0 Å². The van der Waals surface area contributed by atoms with Crippen molar-refractivity contribution in [3.63, 3.8) is 0 Å². The number of fused-ring (bicyclic) bond motifs is 2. The van der Waals surface area contributed by atoms with Crippen LogP contribution in [0.4, 0.5) is 5.69 Å². The summed E-state index contributed by atoms with van der Waals surface area (Å²) in [5.74, 6) is 0.728. The fourth-order valence-corrected chi connectivity index (χ4v) is 6.20. The highest BCUT2D eigenvalue weighted by molar-refractivity contribution is 5.93. The highest BCUT2D eigenvalue weighted by Gasteiger charge is 2.64. The van der Waals surface area contributed by atoms with Crippen LogP contribution in [0.1, 0.15) is 31.7 Å². The highest BCUT2D eigenvalue weighted by atomic mass is 16.5. The molecule has 4 atom stereocenters. The molecule has 1 N–H and O–H groups in total. The Hall–Kier alpha value is -1.81. The number of hydrogen-bond donors (Lipinski definition) is 1. The largest absolute Gasteiger partial charge is 0.466 e. The second-order valence-electron chi connectivity index (χ2n) is 7.62. The van der Waals surface area contributed by atoms with Crippen LogP contribution in [0.5, 0.6) is 0 Å². The molecule has 1 aromatic rings. The molecule has 24 heavy (non-hydrogen) atoms. The Morgan fingerprint density at radius 2 is 2.21 bits per heavy atom. The van der Waals surface area contributed by atoms with Crippen LogP contribution in [0.2, 0.25) is 0 Å². The second-order valence-corrected chi connectivity index (χ2v) is 7.62. The van der Waals surface area contributed by atoms with E-state index in [0.29, 0.717) is 17.9 Å². The molecule has 1 aliphatic carbocycles. The van der Waals surface area contributed by atoms with Gasteiger partial charge in [-0.05, 0) is 49.4 Å². The number of rotatable bonds is 2. The summed E-state index contributed by atoms with van der Waals surface area (Å²) in [5, 5.41) is 3.65. The van der Waals surface area contributed by atoms with E-state index in [-0.39, 0.29) is 11.4 Å². The molecule has 2 fully saturated rings. The van der Waals surface area contributed by atoms with Gasteiger partial charge in [-0.2, -0.15) is 0 Å². The number of nitrogens with one attached hydrogen (secondary N) is 1. The van der Waals surface area contributed by atoms with Crippen molar-refractivity contribution in [1.29, 1.82) is 0 Å². The topological polar surface area (TPSA) is 41.6 Å². The lowest BCUT2D eigenvalue weighted by Gasteiger charge is -2.52. The molecule has 2 bridgehead atoms. The fourth-order valence-electron chi connectivity index (χ4n) is 6.20. The maximum absolute atomic E-state index is 12.8. The maximum atomic E-state index is 12.8. The number of piperidine rings is 1. The van der Waals surface area contributed by atoms with Crippen molar-refractivity contribution in [3.8, 4) is 0 Å². The Bertz CT molecular complexity index is 756. The van der Waals surface area contributed by atoms with E-state index < -0.39 is 0 Å². The summed E-state index contributed by atoms with van der Waals surface area (Å²) in [6.07, 6.45) is 3.28. The van der Waals surface area contributed by atoms with Gasteiger partial charge in [0.05, 0.1) is 18.1 Å².